The normalized spacial score (nSPS) is 12.9. The van der Waals surface area contributed by atoms with Crippen molar-refractivity contribution < 1.29 is 0 Å². The first kappa shape index (κ1) is 13.8. The Hall–Kier alpha value is 0.420. The van der Waals surface area contributed by atoms with Crippen molar-refractivity contribution in [3.05, 3.63) is 41.1 Å². The Kier molecular flexibility index (Phi) is 4.92. The number of hydrogen-bond donors (Lipinski definition) is 1. The van der Waals surface area contributed by atoms with Gasteiger partial charge in [0.2, 0.25) is 0 Å². The van der Waals surface area contributed by atoms with Gasteiger partial charge in [-0.1, -0.05) is 30.1 Å². The molecule has 0 radical (unpaired) electrons. The summed E-state index contributed by atoms with van der Waals surface area (Å²) < 4.78 is 1.71. The van der Waals surface area contributed by atoms with Gasteiger partial charge in [-0.2, -0.15) is 0 Å². The largest absolute Gasteiger partial charge is 0.305 e. The average molecular weight is 371 g/mol. The highest BCUT2D eigenvalue weighted by molar-refractivity contribution is 9.10. The molecular formula is C11H10BrCl2NS2. The van der Waals surface area contributed by atoms with Crippen molar-refractivity contribution in [3.8, 4) is 0 Å². The molecule has 0 aliphatic heterocycles. The topological polar surface area (TPSA) is 12.0 Å². The molecule has 0 saturated carbocycles. The highest BCUT2D eigenvalue weighted by Gasteiger charge is 2.20. The summed E-state index contributed by atoms with van der Waals surface area (Å²) >= 11 is 19.0. The third-order valence-corrected chi connectivity index (χ3v) is 6.23. The van der Waals surface area contributed by atoms with Gasteiger partial charge in [0, 0.05) is 14.2 Å². The van der Waals surface area contributed by atoms with E-state index in [-0.39, 0.29) is 6.04 Å². The van der Waals surface area contributed by atoms with Crippen LogP contribution >= 0.6 is 61.8 Å². The molecule has 0 amide bonds. The summed E-state index contributed by atoms with van der Waals surface area (Å²) in [5, 5.41) is 6.25. The first-order valence-electron chi connectivity index (χ1n) is 5.04. The Morgan fingerprint density at radius 2 is 2.24 bits per heavy atom. The molecule has 1 N–H and O–H groups in total. The molecule has 1 atom stereocenters. The summed E-state index contributed by atoms with van der Waals surface area (Å²) in [4.78, 5) is 2.31. The molecule has 0 spiro atoms. The molecule has 92 valence electrons. The summed E-state index contributed by atoms with van der Waals surface area (Å²) in [5.74, 6) is 0. The first-order chi connectivity index (χ1) is 8.13. The van der Waals surface area contributed by atoms with Crippen LogP contribution in [0.1, 0.15) is 22.7 Å². The van der Waals surface area contributed by atoms with Gasteiger partial charge in [0.05, 0.1) is 11.1 Å². The molecule has 0 fully saturated rings. The van der Waals surface area contributed by atoms with Gasteiger partial charge in [0.25, 0.3) is 0 Å². The summed E-state index contributed by atoms with van der Waals surface area (Å²) in [7, 11) is 0. The zero-order valence-corrected chi connectivity index (χ0v) is 13.7. The predicted molar refractivity (Wildman–Crippen MR) is 81.9 cm³/mol. The second-order valence-corrected chi connectivity index (χ2v) is 7.29. The van der Waals surface area contributed by atoms with E-state index < -0.39 is 0 Å². The molecule has 6 heteroatoms. The van der Waals surface area contributed by atoms with Crippen LogP contribution in [0.15, 0.2) is 22.0 Å². The number of halogens is 3. The third-order valence-electron chi connectivity index (χ3n) is 2.26. The average Bonchev–Trinajstić information content (AvgIpc) is 2.83. The van der Waals surface area contributed by atoms with Crippen LogP contribution in [0.4, 0.5) is 0 Å². The van der Waals surface area contributed by atoms with Gasteiger partial charge >= 0.3 is 0 Å². The molecule has 2 heterocycles. The van der Waals surface area contributed by atoms with Crippen LogP contribution in [0, 0.1) is 0 Å². The Morgan fingerprint density at radius 1 is 1.47 bits per heavy atom. The van der Waals surface area contributed by atoms with E-state index in [2.05, 4.69) is 34.2 Å². The Labute approximate surface area is 127 Å². The van der Waals surface area contributed by atoms with Crippen molar-refractivity contribution in [2.75, 3.05) is 6.54 Å². The fraction of sp³-hybridized carbons (Fsp3) is 0.273. The Balaban J connectivity index is 2.39. The summed E-state index contributed by atoms with van der Waals surface area (Å²) in [5.41, 5.74) is 0. The third kappa shape index (κ3) is 3.06. The fourth-order valence-corrected chi connectivity index (χ4v) is 4.70. The Morgan fingerprint density at radius 3 is 2.71 bits per heavy atom. The summed E-state index contributed by atoms with van der Waals surface area (Å²) in [6, 6.07) is 4.10. The lowest BCUT2D eigenvalue weighted by Crippen LogP contribution is -2.20. The van der Waals surface area contributed by atoms with E-state index in [0.29, 0.717) is 0 Å². The number of rotatable bonds is 4. The van der Waals surface area contributed by atoms with E-state index in [1.807, 2.05) is 11.4 Å². The maximum Gasteiger partial charge on any atom is 0.107 e. The molecule has 0 aliphatic carbocycles. The first-order valence-corrected chi connectivity index (χ1v) is 8.29. The monoisotopic (exact) mass is 369 g/mol. The second-order valence-electron chi connectivity index (χ2n) is 3.39. The van der Waals surface area contributed by atoms with Crippen LogP contribution in [0.5, 0.6) is 0 Å². The van der Waals surface area contributed by atoms with Crippen LogP contribution in [0.2, 0.25) is 9.36 Å². The van der Waals surface area contributed by atoms with Crippen LogP contribution in [-0.4, -0.2) is 6.54 Å². The van der Waals surface area contributed by atoms with E-state index in [1.54, 1.807) is 22.7 Å². The van der Waals surface area contributed by atoms with Crippen molar-refractivity contribution >= 4 is 61.8 Å². The molecule has 2 aromatic heterocycles. The molecule has 2 rings (SSSR count). The molecule has 2 aromatic rings. The number of thiophene rings is 2. The minimum Gasteiger partial charge on any atom is -0.305 e. The lowest BCUT2D eigenvalue weighted by Gasteiger charge is -2.15. The zero-order chi connectivity index (χ0) is 12.4. The molecule has 1 nitrogen and oxygen atoms in total. The predicted octanol–water partition coefficient (Wildman–Crippen LogP) is 5.58. The zero-order valence-electron chi connectivity index (χ0n) is 8.97. The van der Waals surface area contributed by atoms with Gasteiger partial charge < -0.3 is 5.32 Å². The fourth-order valence-electron chi connectivity index (χ4n) is 1.54. The van der Waals surface area contributed by atoms with Crippen molar-refractivity contribution in [2.45, 2.75) is 13.0 Å². The standard InChI is InChI=1S/C11H10BrCl2NS2/c1-2-15-9(10-7(13)3-4-16-10)8-5-6(12)11(14)17-8/h3-5,9,15H,2H2,1H3. The van der Waals surface area contributed by atoms with E-state index in [4.69, 9.17) is 23.2 Å². The molecular weight excluding hydrogens is 361 g/mol. The van der Waals surface area contributed by atoms with Gasteiger partial charge in [0.15, 0.2) is 0 Å². The van der Waals surface area contributed by atoms with E-state index in [1.165, 1.54) is 4.88 Å². The lowest BCUT2D eigenvalue weighted by atomic mass is 10.2. The van der Waals surface area contributed by atoms with Crippen LogP contribution in [-0.2, 0) is 0 Å². The maximum absolute atomic E-state index is 6.20. The summed E-state index contributed by atoms with van der Waals surface area (Å²) in [6.45, 7) is 2.96. The molecule has 0 aromatic carbocycles. The smallest absolute Gasteiger partial charge is 0.107 e. The minimum absolute atomic E-state index is 0.126. The molecule has 0 aliphatic rings. The highest BCUT2D eigenvalue weighted by atomic mass is 79.9. The van der Waals surface area contributed by atoms with Gasteiger partial charge in [0.1, 0.15) is 4.34 Å². The number of hydrogen-bond acceptors (Lipinski definition) is 3. The summed E-state index contributed by atoms with van der Waals surface area (Å²) in [6.07, 6.45) is 0. The van der Waals surface area contributed by atoms with Crippen molar-refractivity contribution in [1.82, 2.24) is 5.32 Å². The highest BCUT2D eigenvalue weighted by Crippen LogP contribution is 2.40. The van der Waals surface area contributed by atoms with Gasteiger partial charge in [-0.15, -0.1) is 22.7 Å². The lowest BCUT2D eigenvalue weighted by molar-refractivity contribution is 0.649. The Bertz CT molecular complexity index is 490. The van der Waals surface area contributed by atoms with Crippen molar-refractivity contribution in [3.63, 3.8) is 0 Å². The van der Waals surface area contributed by atoms with Gasteiger partial charge in [-0.05, 0) is 40.0 Å². The SMILES string of the molecule is CCNC(c1cc(Br)c(Cl)s1)c1sccc1Cl. The number of nitrogens with one attached hydrogen (secondary N) is 1. The second kappa shape index (κ2) is 6.04. The molecule has 17 heavy (non-hydrogen) atoms. The molecule has 0 bridgehead atoms. The van der Waals surface area contributed by atoms with Crippen LogP contribution in [0.25, 0.3) is 0 Å². The van der Waals surface area contributed by atoms with Crippen molar-refractivity contribution in [2.24, 2.45) is 0 Å². The van der Waals surface area contributed by atoms with E-state index in [0.717, 1.165) is 25.3 Å². The molecule has 0 saturated heterocycles. The van der Waals surface area contributed by atoms with Gasteiger partial charge in [-0.3, -0.25) is 0 Å². The minimum atomic E-state index is 0.126. The van der Waals surface area contributed by atoms with Crippen LogP contribution in [0.3, 0.4) is 0 Å². The quantitative estimate of drug-likeness (QED) is 0.740. The van der Waals surface area contributed by atoms with E-state index >= 15 is 0 Å². The van der Waals surface area contributed by atoms with E-state index in [9.17, 15) is 0 Å². The van der Waals surface area contributed by atoms with Gasteiger partial charge in [-0.25, -0.2) is 0 Å². The molecule has 1 unspecified atom stereocenters. The van der Waals surface area contributed by atoms with Crippen molar-refractivity contribution in [1.29, 1.82) is 0 Å². The van der Waals surface area contributed by atoms with Crippen LogP contribution < -0.4 is 5.32 Å². The maximum atomic E-state index is 6.20.